The Morgan fingerprint density at radius 3 is 0.333 bits per heavy atom. The van der Waals surface area contributed by atoms with Crippen LogP contribution in [0.5, 0.6) is 0 Å². The maximum absolute atomic E-state index is 7.62. The topological polar surface area (TPSA) is 80.9 Å². The second-order valence-corrected chi connectivity index (χ2v) is 2.53. The lowest BCUT2D eigenvalue weighted by atomic mass is 10.8. The Balaban J connectivity index is -0.0000000122. The summed E-state index contributed by atoms with van der Waals surface area (Å²) < 4.78 is 0. The van der Waals surface area contributed by atoms with Crippen LogP contribution in [0, 0.1) is 0 Å². The zero-order chi connectivity index (χ0) is 33.7. The van der Waals surface area contributed by atoms with Gasteiger partial charge in [-0.25, -0.2) is 0 Å². The van der Waals surface area contributed by atoms with E-state index in [2.05, 4.69) is 132 Å². The molecule has 0 aliphatic heterocycles. The summed E-state index contributed by atoms with van der Waals surface area (Å²) >= 11 is 0. The van der Waals surface area contributed by atoms with Crippen LogP contribution in [0.4, 0.5) is 0 Å². The monoisotopic (exact) mass is 517 g/mol. The van der Waals surface area contributed by atoms with E-state index in [1.165, 1.54) is 0 Å². The van der Waals surface area contributed by atoms with Gasteiger partial charge in [-0.1, -0.05) is 24.3 Å². The number of rotatable bonds is 2. The predicted octanol–water partition coefficient (Wildman–Crippen LogP) is 9.13. The van der Waals surface area contributed by atoms with Crippen molar-refractivity contribution in [1.29, 1.82) is 0 Å². The molecule has 0 amide bonds. The van der Waals surface area contributed by atoms with E-state index < -0.39 is 0 Å². The molecule has 0 fully saturated rings. The van der Waals surface area contributed by atoms with Gasteiger partial charge in [0.1, 0.15) is 0 Å². The predicted molar refractivity (Wildman–Crippen MR) is 182 cm³/mol. The number of hydrogen-bond acceptors (Lipinski definition) is 4. The number of allylic oxidation sites excluding steroid dienone is 4. The van der Waals surface area contributed by atoms with Gasteiger partial charge in [0, 0.05) is 0 Å². The summed E-state index contributed by atoms with van der Waals surface area (Å²) in [6, 6.07) is 0. The molecule has 0 unspecified atom stereocenters. The molecule has 0 radical (unpaired) electrons. The molecule has 0 aromatic heterocycles. The standard InChI is InChI=1S/4C3H6.2C2H6O2.8C2H4/c4*1-3-2;2*3-1-2-4;8*1-2/h4*3H,1H2,2H3;2*3-4H,1-2H2;8*1-2H2. The Bertz CT molecular complexity index is 174. The van der Waals surface area contributed by atoms with Gasteiger partial charge in [-0.3, -0.25) is 0 Å². The first-order valence-corrected chi connectivity index (χ1v) is 10.2. The first-order valence-electron chi connectivity index (χ1n) is 10.2. The summed E-state index contributed by atoms with van der Waals surface area (Å²) in [7, 11) is 0. The average Bonchev–Trinajstić information content (AvgIpc) is 2.99. The first kappa shape index (κ1) is 93.9. The fourth-order valence-electron chi connectivity index (χ4n) is 0. The zero-order valence-corrected chi connectivity index (χ0v) is 25.1. The van der Waals surface area contributed by atoms with Gasteiger partial charge >= 0.3 is 0 Å². The molecule has 0 aliphatic rings. The van der Waals surface area contributed by atoms with Crippen LogP contribution in [-0.4, -0.2) is 46.9 Å². The van der Waals surface area contributed by atoms with E-state index in [0.717, 1.165) is 0 Å². The SMILES string of the molecule is C=C.C=C.C=C.C=C.C=C.C=C.C=C.C=C.C=CC.C=CC.C=CC.C=CC.OCCO.OCCO. The van der Waals surface area contributed by atoms with Crippen molar-refractivity contribution in [3.8, 4) is 0 Å². The molecule has 36 heavy (non-hydrogen) atoms. The smallest absolute Gasteiger partial charge is 0.0662 e. The van der Waals surface area contributed by atoms with Crippen molar-refractivity contribution in [2.24, 2.45) is 0 Å². The molecule has 0 aliphatic carbocycles. The van der Waals surface area contributed by atoms with Crippen LogP contribution in [-0.2, 0) is 0 Å². The summed E-state index contributed by atoms with van der Waals surface area (Å²) in [5.41, 5.74) is 0. The van der Waals surface area contributed by atoms with Gasteiger partial charge in [-0.15, -0.1) is 132 Å². The highest BCUT2D eigenvalue weighted by atomic mass is 16.3. The quantitative estimate of drug-likeness (QED) is 0.276. The molecular weight excluding hydrogens is 448 g/mol. The molecule has 4 N–H and O–H groups in total. The molecular formula is C32H68O4. The van der Waals surface area contributed by atoms with Crippen molar-refractivity contribution in [3.05, 3.63) is 156 Å². The van der Waals surface area contributed by atoms with Gasteiger partial charge in [-0.05, 0) is 27.7 Å². The van der Waals surface area contributed by atoms with Crippen molar-refractivity contribution < 1.29 is 20.4 Å². The molecule has 4 heteroatoms. The van der Waals surface area contributed by atoms with Gasteiger partial charge in [0.15, 0.2) is 0 Å². The van der Waals surface area contributed by atoms with E-state index in [1.807, 2.05) is 27.7 Å². The molecule has 0 rings (SSSR count). The highest BCUT2D eigenvalue weighted by Gasteiger charge is 1.58. The molecule has 220 valence electrons. The fraction of sp³-hybridized carbons (Fsp3) is 0.250. The van der Waals surface area contributed by atoms with E-state index in [0.29, 0.717) is 0 Å². The largest absolute Gasteiger partial charge is 0.394 e. The minimum absolute atomic E-state index is 0.125. The van der Waals surface area contributed by atoms with Crippen LogP contribution in [0.2, 0.25) is 0 Å². The Morgan fingerprint density at radius 1 is 0.306 bits per heavy atom. The molecule has 4 nitrogen and oxygen atoms in total. The third-order valence-corrected chi connectivity index (χ3v) is 0.200. The minimum Gasteiger partial charge on any atom is -0.394 e. The van der Waals surface area contributed by atoms with E-state index in [4.69, 9.17) is 20.4 Å². The summed E-state index contributed by atoms with van der Waals surface area (Å²) in [6.07, 6.45) is 7.00. The second-order valence-electron chi connectivity index (χ2n) is 2.53. The van der Waals surface area contributed by atoms with E-state index in [1.54, 1.807) is 24.3 Å². The zero-order valence-electron chi connectivity index (χ0n) is 25.1. The average molecular weight is 517 g/mol. The molecule has 0 aromatic carbocycles. The van der Waals surface area contributed by atoms with E-state index in [-0.39, 0.29) is 26.4 Å². The highest BCUT2D eigenvalue weighted by molar-refractivity contribution is 4.52. The van der Waals surface area contributed by atoms with Crippen LogP contribution in [0.15, 0.2) is 156 Å². The maximum Gasteiger partial charge on any atom is 0.0662 e. The normalized spacial score (nSPS) is 4.00. The third-order valence-electron chi connectivity index (χ3n) is 0.200. The van der Waals surface area contributed by atoms with Crippen molar-refractivity contribution in [2.75, 3.05) is 26.4 Å². The Morgan fingerprint density at radius 2 is 0.333 bits per heavy atom. The van der Waals surface area contributed by atoms with Gasteiger partial charge in [0.25, 0.3) is 0 Å². The number of aliphatic hydroxyl groups excluding tert-OH is 4. The molecule has 0 saturated carbocycles. The molecule has 0 bridgehead atoms. The second kappa shape index (κ2) is 1340. The Labute approximate surface area is 230 Å². The van der Waals surface area contributed by atoms with Crippen LogP contribution < -0.4 is 0 Å². The van der Waals surface area contributed by atoms with Crippen LogP contribution in [0.25, 0.3) is 0 Å². The maximum atomic E-state index is 7.62. The molecule has 0 aromatic rings. The van der Waals surface area contributed by atoms with Crippen molar-refractivity contribution >= 4 is 0 Å². The summed E-state index contributed by atoms with van der Waals surface area (Å²) in [4.78, 5) is 0. The van der Waals surface area contributed by atoms with Gasteiger partial charge in [0.2, 0.25) is 0 Å². The Kier molecular flexibility index (Phi) is 3510. The Hall–Kier alpha value is -3.28. The third kappa shape index (κ3) is 16600. The van der Waals surface area contributed by atoms with Crippen molar-refractivity contribution in [1.82, 2.24) is 0 Å². The molecule has 0 atom stereocenters. The van der Waals surface area contributed by atoms with Crippen molar-refractivity contribution in [3.63, 3.8) is 0 Å². The van der Waals surface area contributed by atoms with Crippen LogP contribution >= 0.6 is 0 Å². The van der Waals surface area contributed by atoms with Gasteiger partial charge < -0.3 is 20.4 Å². The summed E-state index contributed by atoms with van der Waals surface area (Å²) in [6.45, 7) is 68.5. The highest BCUT2D eigenvalue weighted by Crippen LogP contribution is 1.40. The summed E-state index contributed by atoms with van der Waals surface area (Å²) in [5, 5.41) is 30.5. The molecule has 0 spiro atoms. The number of aliphatic hydroxyl groups is 4. The molecule has 0 saturated heterocycles. The first-order chi connectivity index (χ1) is 17.5. The van der Waals surface area contributed by atoms with Crippen LogP contribution in [0.1, 0.15) is 27.7 Å². The summed E-state index contributed by atoms with van der Waals surface area (Å²) in [5.74, 6) is 0. The van der Waals surface area contributed by atoms with Crippen molar-refractivity contribution in [2.45, 2.75) is 27.7 Å². The lowest BCUT2D eigenvalue weighted by Crippen LogP contribution is -1.85. The molecule has 0 heterocycles. The van der Waals surface area contributed by atoms with Gasteiger partial charge in [0.05, 0.1) is 26.4 Å². The lowest BCUT2D eigenvalue weighted by molar-refractivity contribution is 0.186. The minimum atomic E-state index is -0.125. The van der Waals surface area contributed by atoms with E-state index >= 15 is 0 Å². The van der Waals surface area contributed by atoms with Crippen LogP contribution in [0.3, 0.4) is 0 Å². The van der Waals surface area contributed by atoms with Gasteiger partial charge in [-0.2, -0.15) is 0 Å². The number of hydrogen-bond donors (Lipinski definition) is 4. The van der Waals surface area contributed by atoms with E-state index in [9.17, 15) is 0 Å². The fourth-order valence-corrected chi connectivity index (χ4v) is 0. The lowest BCUT2D eigenvalue weighted by Gasteiger charge is -1.70.